The molecular formula is C29H35BrO4. The predicted molar refractivity (Wildman–Crippen MR) is 137 cm³/mol. The molecule has 1 heterocycles. The van der Waals surface area contributed by atoms with Crippen LogP contribution in [0.5, 0.6) is 5.75 Å². The molecule has 4 nitrogen and oxygen atoms in total. The third-order valence-corrected chi connectivity index (χ3v) is 9.67. The fourth-order valence-corrected chi connectivity index (χ4v) is 8.41. The Bertz CT molecular complexity index is 1030. The van der Waals surface area contributed by atoms with Crippen molar-refractivity contribution < 1.29 is 19.0 Å². The van der Waals surface area contributed by atoms with Gasteiger partial charge in [-0.2, -0.15) is 0 Å². The summed E-state index contributed by atoms with van der Waals surface area (Å²) in [6.07, 6.45) is 5.58. The van der Waals surface area contributed by atoms with E-state index >= 15 is 0 Å². The second-order valence-electron chi connectivity index (χ2n) is 10.1. The van der Waals surface area contributed by atoms with Gasteiger partial charge in [0.15, 0.2) is 5.79 Å². The summed E-state index contributed by atoms with van der Waals surface area (Å²) in [4.78, 5) is 12.7. The molecule has 0 bridgehead atoms. The molecule has 3 aliphatic carbocycles. The highest BCUT2D eigenvalue weighted by Gasteiger charge is 2.68. The number of carbonyl (C=O) groups is 1. The van der Waals surface area contributed by atoms with Crippen LogP contribution in [0.4, 0.5) is 0 Å². The molecule has 182 valence electrons. The van der Waals surface area contributed by atoms with Crippen LogP contribution in [0.15, 0.2) is 48.5 Å². The first kappa shape index (κ1) is 24.0. The van der Waals surface area contributed by atoms with Gasteiger partial charge in [-0.15, -0.1) is 0 Å². The summed E-state index contributed by atoms with van der Waals surface area (Å²) < 4.78 is 18.3. The van der Waals surface area contributed by atoms with E-state index in [1.807, 2.05) is 38.1 Å². The number of rotatable bonds is 2. The van der Waals surface area contributed by atoms with E-state index in [1.165, 1.54) is 17.5 Å². The topological polar surface area (TPSA) is 44.8 Å². The van der Waals surface area contributed by atoms with Gasteiger partial charge >= 0.3 is 5.97 Å². The zero-order valence-corrected chi connectivity index (χ0v) is 22.0. The molecule has 1 aliphatic heterocycles. The molecule has 5 heteroatoms. The van der Waals surface area contributed by atoms with E-state index in [0.29, 0.717) is 42.3 Å². The first-order valence-electron chi connectivity index (χ1n) is 12.8. The molecule has 34 heavy (non-hydrogen) atoms. The number of benzene rings is 2. The summed E-state index contributed by atoms with van der Waals surface area (Å²) in [5.74, 6) is 1.68. The van der Waals surface area contributed by atoms with Crippen LogP contribution in [0.2, 0.25) is 0 Å². The minimum absolute atomic E-state index is 0.0570. The monoisotopic (exact) mass is 526 g/mol. The third kappa shape index (κ3) is 3.66. The summed E-state index contributed by atoms with van der Waals surface area (Å²) >= 11 is 3.95. The molecule has 2 aromatic carbocycles. The number of ether oxygens (including phenoxy) is 3. The smallest absolute Gasteiger partial charge is 0.343 e. The zero-order valence-electron chi connectivity index (χ0n) is 20.4. The van der Waals surface area contributed by atoms with Crippen molar-refractivity contribution >= 4 is 21.9 Å². The van der Waals surface area contributed by atoms with E-state index in [9.17, 15) is 4.79 Å². The van der Waals surface area contributed by atoms with Gasteiger partial charge < -0.3 is 14.2 Å². The van der Waals surface area contributed by atoms with Gasteiger partial charge in [0.25, 0.3) is 0 Å². The second kappa shape index (κ2) is 9.40. The highest BCUT2D eigenvalue weighted by Crippen LogP contribution is 2.67. The maximum Gasteiger partial charge on any atom is 0.343 e. The lowest BCUT2D eigenvalue weighted by atomic mass is 9.55. The van der Waals surface area contributed by atoms with Crippen LogP contribution in [0, 0.1) is 17.3 Å². The average Bonchev–Trinajstić information content (AvgIpc) is 3.46. The number of halogens is 1. The van der Waals surface area contributed by atoms with Crippen LogP contribution in [-0.2, 0) is 15.9 Å². The van der Waals surface area contributed by atoms with Crippen molar-refractivity contribution in [2.75, 3.05) is 13.2 Å². The first-order valence-corrected chi connectivity index (χ1v) is 13.8. The number of hydrogen-bond acceptors (Lipinski definition) is 4. The van der Waals surface area contributed by atoms with Crippen LogP contribution in [0.25, 0.3) is 0 Å². The minimum Gasteiger partial charge on any atom is -0.423 e. The molecule has 0 aromatic heterocycles. The Balaban J connectivity index is 0.00000117. The molecule has 0 radical (unpaired) electrons. The van der Waals surface area contributed by atoms with E-state index < -0.39 is 5.79 Å². The highest BCUT2D eigenvalue weighted by atomic mass is 79.9. The Hall–Kier alpha value is -1.69. The van der Waals surface area contributed by atoms with Gasteiger partial charge in [0.1, 0.15) is 5.75 Å². The van der Waals surface area contributed by atoms with Gasteiger partial charge in [-0.25, -0.2) is 4.79 Å². The maximum absolute atomic E-state index is 12.5. The lowest BCUT2D eigenvalue weighted by Crippen LogP contribution is -2.53. The first-order chi connectivity index (χ1) is 16.5. The number of esters is 1. The molecular weight excluding hydrogens is 492 g/mol. The van der Waals surface area contributed by atoms with Crippen molar-refractivity contribution in [3.8, 4) is 5.75 Å². The SMILES string of the molecule is CC.CC12CCC3c4ccc(OC(=O)c5ccccc5)cc4CCC3C1CC(Br)C21OCCO1. The molecule has 2 aromatic rings. The molecule has 5 atom stereocenters. The van der Waals surface area contributed by atoms with E-state index in [2.05, 4.69) is 35.0 Å². The van der Waals surface area contributed by atoms with Gasteiger partial charge in [0.05, 0.1) is 23.6 Å². The molecule has 0 amide bonds. The van der Waals surface area contributed by atoms with Crippen molar-refractivity contribution in [1.82, 2.24) is 0 Å². The molecule has 3 fully saturated rings. The van der Waals surface area contributed by atoms with Crippen LogP contribution in [0.1, 0.15) is 73.9 Å². The molecule has 6 rings (SSSR count). The number of alkyl halides is 1. The molecule has 0 N–H and O–H groups in total. The molecule has 4 aliphatic rings. The Kier molecular flexibility index (Phi) is 6.64. The molecule has 1 spiro atoms. The van der Waals surface area contributed by atoms with E-state index in [4.69, 9.17) is 14.2 Å². The van der Waals surface area contributed by atoms with Gasteiger partial charge in [-0.1, -0.05) is 61.0 Å². The fourth-order valence-electron chi connectivity index (χ4n) is 7.22. The van der Waals surface area contributed by atoms with Crippen LogP contribution in [-0.4, -0.2) is 29.8 Å². The Morgan fingerprint density at radius 3 is 2.53 bits per heavy atom. The standard InChI is InChI=1S/C27H29BrO4.C2H6/c1-26-12-11-21-20-10-8-19(32-25(29)17-5-3-2-4-6-17)15-18(20)7-9-22(21)23(26)16-24(28)27(26)30-13-14-31-27;1-2/h2-6,8,10,15,21-24H,7,9,11-14,16H2,1H3;1-2H3. The van der Waals surface area contributed by atoms with E-state index in [-0.39, 0.29) is 16.2 Å². The van der Waals surface area contributed by atoms with E-state index in [1.54, 1.807) is 12.1 Å². The Labute approximate surface area is 211 Å². The summed E-state index contributed by atoms with van der Waals surface area (Å²) in [5, 5.41) is 0. The predicted octanol–water partition coefficient (Wildman–Crippen LogP) is 6.90. The summed E-state index contributed by atoms with van der Waals surface area (Å²) in [5.41, 5.74) is 3.42. The minimum atomic E-state index is -0.460. The third-order valence-electron chi connectivity index (χ3n) is 8.69. The van der Waals surface area contributed by atoms with Gasteiger partial charge in [0, 0.05) is 5.41 Å². The van der Waals surface area contributed by atoms with Crippen LogP contribution < -0.4 is 4.74 Å². The van der Waals surface area contributed by atoms with E-state index in [0.717, 1.165) is 25.7 Å². The number of hydrogen-bond donors (Lipinski definition) is 0. The lowest BCUT2D eigenvalue weighted by Gasteiger charge is -2.52. The lowest BCUT2D eigenvalue weighted by molar-refractivity contribution is -0.233. The molecule has 1 saturated heterocycles. The zero-order chi connectivity index (χ0) is 23.9. The van der Waals surface area contributed by atoms with Crippen molar-refractivity contribution in [1.29, 1.82) is 0 Å². The maximum atomic E-state index is 12.5. The Morgan fingerprint density at radius 2 is 1.79 bits per heavy atom. The molecule has 2 saturated carbocycles. The normalized spacial score (nSPS) is 32.7. The van der Waals surface area contributed by atoms with Crippen molar-refractivity contribution in [2.45, 2.75) is 69.4 Å². The van der Waals surface area contributed by atoms with Crippen LogP contribution in [0.3, 0.4) is 0 Å². The summed E-state index contributed by atoms with van der Waals surface area (Å²) in [6, 6.07) is 15.5. The van der Waals surface area contributed by atoms with Gasteiger partial charge in [-0.05, 0) is 85.3 Å². The average molecular weight is 527 g/mol. The number of carbonyl (C=O) groups excluding carboxylic acids is 1. The van der Waals surface area contributed by atoms with Crippen LogP contribution >= 0.6 is 15.9 Å². The fraction of sp³-hybridized carbons (Fsp3) is 0.552. The summed E-state index contributed by atoms with van der Waals surface area (Å²) in [7, 11) is 0. The summed E-state index contributed by atoms with van der Waals surface area (Å²) in [6.45, 7) is 7.81. The number of fused-ring (bicyclic) bond motifs is 6. The van der Waals surface area contributed by atoms with Crippen molar-refractivity contribution in [3.63, 3.8) is 0 Å². The van der Waals surface area contributed by atoms with Crippen molar-refractivity contribution in [3.05, 3.63) is 65.2 Å². The number of aryl methyl sites for hydroxylation is 1. The largest absolute Gasteiger partial charge is 0.423 e. The van der Waals surface area contributed by atoms with Crippen molar-refractivity contribution in [2.24, 2.45) is 17.3 Å². The Morgan fingerprint density at radius 1 is 1.06 bits per heavy atom. The highest BCUT2D eigenvalue weighted by molar-refractivity contribution is 9.09. The molecule has 5 unspecified atom stereocenters. The second-order valence-corrected chi connectivity index (χ2v) is 11.2. The van der Waals surface area contributed by atoms with Gasteiger partial charge in [-0.3, -0.25) is 0 Å². The van der Waals surface area contributed by atoms with Gasteiger partial charge in [0.2, 0.25) is 0 Å². The quantitative estimate of drug-likeness (QED) is 0.242.